The Morgan fingerprint density at radius 1 is 1.30 bits per heavy atom. The van der Waals surface area contributed by atoms with Crippen LogP contribution in [0.4, 0.5) is 0 Å². The Balaban J connectivity index is 2.06. The number of rotatable bonds is 4. The smallest absolute Gasteiger partial charge is 0.313 e. The third-order valence-electron chi connectivity index (χ3n) is 3.60. The van der Waals surface area contributed by atoms with Gasteiger partial charge in [0.25, 0.3) is 5.56 Å². The van der Waals surface area contributed by atoms with Crippen LogP contribution in [0.25, 0.3) is 11.2 Å². The number of nitrogens with one attached hydrogen (secondary N) is 1. The van der Waals surface area contributed by atoms with Crippen LogP contribution in [0.3, 0.4) is 0 Å². The number of fused-ring (bicyclic) bond motifs is 1. The summed E-state index contributed by atoms with van der Waals surface area (Å²) in [5, 5.41) is 1.39. The van der Waals surface area contributed by atoms with E-state index in [0.29, 0.717) is 33.6 Å². The SMILES string of the molecule is CCn1c(SCc2ccccc2Cl)nc2c1c(=O)[nH]c(=O)n2C. The van der Waals surface area contributed by atoms with Gasteiger partial charge in [0.2, 0.25) is 0 Å². The van der Waals surface area contributed by atoms with Crippen LogP contribution >= 0.6 is 23.4 Å². The van der Waals surface area contributed by atoms with Crippen molar-refractivity contribution >= 4 is 34.5 Å². The second kappa shape index (κ2) is 6.25. The first-order valence-corrected chi connectivity index (χ1v) is 8.45. The van der Waals surface area contributed by atoms with Crippen molar-refractivity contribution in [2.75, 3.05) is 0 Å². The summed E-state index contributed by atoms with van der Waals surface area (Å²) in [6, 6.07) is 7.61. The van der Waals surface area contributed by atoms with Crippen molar-refractivity contribution in [1.82, 2.24) is 19.1 Å². The maximum Gasteiger partial charge on any atom is 0.329 e. The Hall–Kier alpha value is -1.99. The zero-order chi connectivity index (χ0) is 16.6. The second-order valence-corrected chi connectivity index (χ2v) is 6.36. The van der Waals surface area contributed by atoms with Gasteiger partial charge in [-0.05, 0) is 18.6 Å². The minimum Gasteiger partial charge on any atom is -0.313 e. The van der Waals surface area contributed by atoms with E-state index in [0.717, 1.165) is 5.56 Å². The summed E-state index contributed by atoms with van der Waals surface area (Å²) in [7, 11) is 1.59. The van der Waals surface area contributed by atoms with Gasteiger partial charge in [-0.25, -0.2) is 9.78 Å². The van der Waals surface area contributed by atoms with Crippen LogP contribution in [-0.4, -0.2) is 19.1 Å². The maximum atomic E-state index is 12.1. The topological polar surface area (TPSA) is 72.7 Å². The molecular formula is C15H15ClN4O2S. The van der Waals surface area contributed by atoms with Crippen LogP contribution < -0.4 is 11.2 Å². The van der Waals surface area contributed by atoms with Gasteiger partial charge in [0, 0.05) is 24.4 Å². The molecular weight excluding hydrogens is 336 g/mol. The van der Waals surface area contributed by atoms with E-state index in [2.05, 4.69) is 9.97 Å². The van der Waals surface area contributed by atoms with E-state index in [4.69, 9.17) is 11.6 Å². The van der Waals surface area contributed by atoms with Gasteiger partial charge >= 0.3 is 5.69 Å². The Morgan fingerprint density at radius 3 is 2.74 bits per heavy atom. The summed E-state index contributed by atoms with van der Waals surface area (Å²) < 4.78 is 3.16. The fraction of sp³-hybridized carbons (Fsp3) is 0.267. The van der Waals surface area contributed by atoms with E-state index in [1.54, 1.807) is 7.05 Å². The van der Waals surface area contributed by atoms with Crippen LogP contribution in [0.5, 0.6) is 0 Å². The standard InChI is InChI=1S/C15H15ClN4O2S/c1-3-20-11-12(19(2)14(22)18-13(11)21)17-15(20)23-8-9-6-4-5-7-10(9)16/h4-7H,3,8H2,1-2H3,(H,18,21,22). The molecule has 1 aromatic carbocycles. The summed E-state index contributed by atoms with van der Waals surface area (Å²) in [6.07, 6.45) is 0. The number of aromatic nitrogens is 4. The number of halogens is 1. The Morgan fingerprint density at radius 2 is 2.04 bits per heavy atom. The molecule has 23 heavy (non-hydrogen) atoms. The first-order chi connectivity index (χ1) is 11.0. The zero-order valence-corrected chi connectivity index (χ0v) is 14.2. The Kier molecular flexibility index (Phi) is 4.32. The van der Waals surface area contributed by atoms with Gasteiger partial charge in [-0.1, -0.05) is 41.6 Å². The number of thioether (sulfide) groups is 1. The van der Waals surface area contributed by atoms with E-state index >= 15 is 0 Å². The highest BCUT2D eigenvalue weighted by Gasteiger charge is 2.16. The molecule has 0 amide bonds. The van der Waals surface area contributed by atoms with Gasteiger partial charge in [0.05, 0.1) is 0 Å². The van der Waals surface area contributed by atoms with Gasteiger partial charge in [0.1, 0.15) is 0 Å². The van der Waals surface area contributed by atoms with E-state index in [-0.39, 0.29) is 0 Å². The van der Waals surface area contributed by atoms with E-state index < -0.39 is 11.2 Å². The molecule has 8 heteroatoms. The lowest BCUT2D eigenvalue weighted by atomic mass is 10.2. The molecule has 6 nitrogen and oxygen atoms in total. The van der Waals surface area contributed by atoms with Crippen molar-refractivity contribution in [3.05, 3.63) is 55.7 Å². The van der Waals surface area contributed by atoms with Crippen molar-refractivity contribution in [3.8, 4) is 0 Å². The molecule has 0 radical (unpaired) electrons. The second-order valence-electron chi connectivity index (χ2n) is 5.01. The summed E-state index contributed by atoms with van der Waals surface area (Å²) >= 11 is 7.66. The molecule has 1 N–H and O–H groups in total. The number of benzene rings is 1. The highest BCUT2D eigenvalue weighted by atomic mass is 35.5. The third kappa shape index (κ3) is 2.82. The summed E-state index contributed by atoms with van der Waals surface area (Å²) in [4.78, 5) is 30.6. The predicted octanol–water partition coefficient (Wildman–Crippen LogP) is 2.39. The van der Waals surface area contributed by atoms with Gasteiger partial charge in [-0.15, -0.1) is 0 Å². The molecule has 2 heterocycles. The van der Waals surface area contributed by atoms with Gasteiger partial charge in [-0.3, -0.25) is 14.3 Å². The number of H-pyrrole nitrogens is 1. The molecule has 2 aromatic heterocycles. The molecule has 0 atom stereocenters. The van der Waals surface area contributed by atoms with Crippen LogP contribution in [0.1, 0.15) is 12.5 Å². The quantitative estimate of drug-likeness (QED) is 0.733. The first-order valence-electron chi connectivity index (χ1n) is 7.08. The molecule has 3 aromatic rings. The maximum absolute atomic E-state index is 12.1. The summed E-state index contributed by atoms with van der Waals surface area (Å²) in [5.74, 6) is 0.634. The van der Waals surface area contributed by atoms with Gasteiger partial charge in [-0.2, -0.15) is 0 Å². The molecule has 0 spiro atoms. The van der Waals surface area contributed by atoms with Crippen molar-refractivity contribution in [3.63, 3.8) is 0 Å². The normalized spacial score (nSPS) is 11.3. The number of aryl methyl sites for hydroxylation is 2. The molecule has 0 aliphatic heterocycles. The van der Waals surface area contributed by atoms with Crippen LogP contribution in [0, 0.1) is 0 Å². The van der Waals surface area contributed by atoms with Gasteiger partial charge < -0.3 is 4.57 Å². The zero-order valence-electron chi connectivity index (χ0n) is 12.7. The first kappa shape index (κ1) is 15.9. The number of nitrogens with zero attached hydrogens (tertiary/aromatic N) is 3. The molecule has 0 aliphatic carbocycles. The van der Waals surface area contributed by atoms with E-state index in [9.17, 15) is 9.59 Å². The Labute approximate surface area is 141 Å². The molecule has 0 aliphatic rings. The van der Waals surface area contributed by atoms with Gasteiger partial charge in [0.15, 0.2) is 16.3 Å². The highest BCUT2D eigenvalue weighted by molar-refractivity contribution is 7.98. The number of hydrogen-bond donors (Lipinski definition) is 1. The molecule has 3 rings (SSSR count). The molecule has 0 unspecified atom stereocenters. The lowest BCUT2D eigenvalue weighted by Gasteiger charge is -2.06. The largest absolute Gasteiger partial charge is 0.329 e. The van der Waals surface area contributed by atoms with Crippen molar-refractivity contribution in [2.24, 2.45) is 7.05 Å². The molecule has 0 bridgehead atoms. The number of aromatic amines is 1. The fourth-order valence-electron chi connectivity index (χ4n) is 2.38. The Bertz CT molecular complexity index is 989. The molecule has 0 fully saturated rings. The predicted molar refractivity (Wildman–Crippen MR) is 92.3 cm³/mol. The monoisotopic (exact) mass is 350 g/mol. The van der Waals surface area contributed by atoms with Crippen LogP contribution in [-0.2, 0) is 19.3 Å². The number of hydrogen-bond acceptors (Lipinski definition) is 4. The van der Waals surface area contributed by atoms with E-state index in [1.807, 2.05) is 35.8 Å². The lowest BCUT2D eigenvalue weighted by Crippen LogP contribution is -2.29. The fourth-order valence-corrected chi connectivity index (χ4v) is 3.72. The average Bonchev–Trinajstić information content (AvgIpc) is 2.91. The minimum atomic E-state index is -0.467. The van der Waals surface area contributed by atoms with Crippen molar-refractivity contribution in [1.29, 1.82) is 0 Å². The molecule has 0 saturated heterocycles. The minimum absolute atomic E-state index is 0.391. The third-order valence-corrected chi connectivity index (χ3v) is 5.00. The summed E-state index contributed by atoms with van der Waals surface area (Å²) in [6.45, 7) is 2.52. The molecule has 120 valence electrons. The number of imidazole rings is 1. The lowest BCUT2D eigenvalue weighted by molar-refractivity contribution is 0.700. The van der Waals surface area contributed by atoms with Crippen molar-refractivity contribution < 1.29 is 0 Å². The van der Waals surface area contributed by atoms with E-state index in [1.165, 1.54) is 16.3 Å². The van der Waals surface area contributed by atoms with Crippen LogP contribution in [0.2, 0.25) is 5.02 Å². The molecule has 0 saturated carbocycles. The highest BCUT2D eigenvalue weighted by Crippen LogP contribution is 2.27. The average molecular weight is 351 g/mol. The van der Waals surface area contributed by atoms with Crippen molar-refractivity contribution in [2.45, 2.75) is 24.4 Å². The van der Waals surface area contributed by atoms with Crippen LogP contribution in [0.15, 0.2) is 39.0 Å². The summed E-state index contributed by atoms with van der Waals surface area (Å²) in [5.41, 5.74) is 0.920.